The molecule has 78 valence electrons. The maximum atomic E-state index is 5.64. The van der Waals surface area contributed by atoms with Crippen molar-refractivity contribution in [2.24, 2.45) is 0 Å². The third kappa shape index (κ3) is 1.84. The second-order valence-corrected chi connectivity index (χ2v) is 5.31. The van der Waals surface area contributed by atoms with Crippen LogP contribution in [0.15, 0.2) is 17.0 Å². The number of oxazole rings is 1. The van der Waals surface area contributed by atoms with E-state index in [-0.39, 0.29) is 5.54 Å². The van der Waals surface area contributed by atoms with Gasteiger partial charge in [-0.05, 0) is 12.8 Å². The van der Waals surface area contributed by atoms with Gasteiger partial charge in [0, 0.05) is 26.7 Å². The van der Waals surface area contributed by atoms with Gasteiger partial charge in [0.2, 0.25) is 6.20 Å². The van der Waals surface area contributed by atoms with Gasteiger partial charge in [-0.25, -0.2) is 0 Å². The molecular formula is C12H20NO+. The maximum Gasteiger partial charge on any atom is 0.335 e. The monoisotopic (exact) mass is 194 g/mol. The Kier molecular flexibility index (Phi) is 2.38. The van der Waals surface area contributed by atoms with Crippen LogP contribution < -0.4 is 4.57 Å². The molecule has 0 atom stereocenters. The van der Waals surface area contributed by atoms with Crippen molar-refractivity contribution in [1.29, 1.82) is 0 Å². The average Bonchev–Trinajstić information content (AvgIpc) is 2.73. The highest BCUT2D eigenvalue weighted by Gasteiger charge is 2.28. The first-order chi connectivity index (χ1) is 6.57. The molecule has 0 N–H and O–H groups in total. The average molecular weight is 194 g/mol. The van der Waals surface area contributed by atoms with Crippen molar-refractivity contribution in [3.05, 3.63) is 18.4 Å². The molecule has 1 heterocycles. The molecule has 1 saturated carbocycles. The minimum Gasteiger partial charge on any atom is -0.409 e. The van der Waals surface area contributed by atoms with Gasteiger partial charge in [0.05, 0.1) is 0 Å². The summed E-state index contributed by atoms with van der Waals surface area (Å²) in [6, 6.07) is 0. The van der Waals surface area contributed by atoms with Crippen LogP contribution in [0, 0.1) is 0 Å². The van der Waals surface area contributed by atoms with Gasteiger partial charge in [0.1, 0.15) is 0 Å². The summed E-state index contributed by atoms with van der Waals surface area (Å²) in [7, 11) is 0. The Labute approximate surface area is 85.9 Å². The summed E-state index contributed by atoms with van der Waals surface area (Å²) in [5, 5.41) is 0. The third-order valence-electron chi connectivity index (χ3n) is 3.10. The lowest BCUT2D eigenvalue weighted by Gasteiger charge is -2.08. The first kappa shape index (κ1) is 9.75. The summed E-state index contributed by atoms with van der Waals surface area (Å²) in [6.07, 6.45) is 9.36. The van der Waals surface area contributed by atoms with Crippen LogP contribution in [0.4, 0.5) is 0 Å². The van der Waals surface area contributed by atoms with E-state index in [0.717, 1.165) is 0 Å². The fourth-order valence-electron chi connectivity index (χ4n) is 2.08. The van der Waals surface area contributed by atoms with Crippen molar-refractivity contribution in [3.63, 3.8) is 0 Å². The number of hydrogen-bond acceptors (Lipinski definition) is 1. The van der Waals surface area contributed by atoms with Crippen LogP contribution in [0.2, 0.25) is 0 Å². The predicted molar refractivity (Wildman–Crippen MR) is 55.1 cm³/mol. The van der Waals surface area contributed by atoms with E-state index in [1.807, 2.05) is 6.39 Å². The van der Waals surface area contributed by atoms with Gasteiger partial charge < -0.3 is 4.42 Å². The summed E-state index contributed by atoms with van der Waals surface area (Å²) in [5.74, 6) is 1.86. The van der Waals surface area contributed by atoms with Crippen LogP contribution in [0.25, 0.3) is 0 Å². The highest BCUT2D eigenvalue weighted by molar-refractivity contribution is 4.98. The minimum absolute atomic E-state index is 0.139. The zero-order valence-corrected chi connectivity index (χ0v) is 9.42. The van der Waals surface area contributed by atoms with Crippen LogP contribution >= 0.6 is 0 Å². The summed E-state index contributed by atoms with van der Waals surface area (Å²) in [4.78, 5) is 0. The molecule has 1 aliphatic carbocycles. The van der Waals surface area contributed by atoms with E-state index in [0.29, 0.717) is 5.92 Å². The standard InChI is InChI=1S/C12H20NO/c1-12(2,3)13-8-11(14-9-13)10-6-4-5-7-10/h8-10H,4-7H2,1-3H3/q+1. The van der Waals surface area contributed by atoms with Crippen LogP contribution in [-0.4, -0.2) is 0 Å². The molecule has 0 unspecified atom stereocenters. The van der Waals surface area contributed by atoms with E-state index in [9.17, 15) is 0 Å². The van der Waals surface area contributed by atoms with Gasteiger partial charge in [-0.2, -0.15) is 4.57 Å². The molecule has 2 nitrogen and oxygen atoms in total. The lowest BCUT2D eigenvalue weighted by atomic mass is 10.1. The summed E-state index contributed by atoms with van der Waals surface area (Å²) in [5.41, 5.74) is 0.139. The molecule has 1 aliphatic rings. The lowest BCUT2D eigenvalue weighted by molar-refractivity contribution is -0.756. The molecule has 1 fully saturated rings. The Balaban J connectivity index is 2.17. The molecule has 0 radical (unpaired) electrons. The van der Waals surface area contributed by atoms with Crippen LogP contribution in [0.3, 0.4) is 0 Å². The Bertz CT molecular complexity index is 302. The Morgan fingerprint density at radius 1 is 1.29 bits per heavy atom. The van der Waals surface area contributed by atoms with Gasteiger partial charge >= 0.3 is 6.39 Å². The topological polar surface area (TPSA) is 17.0 Å². The zero-order valence-electron chi connectivity index (χ0n) is 9.42. The first-order valence-electron chi connectivity index (χ1n) is 5.57. The van der Waals surface area contributed by atoms with Crippen LogP contribution in [-0.2, 0) is 5.54 Å². The van der Waals surface area contributed by atoms with E-state index in [2.05, 4.69) is 31.5 Å². The number of hydrogen-bond donors (Lipinski definition) is 0. The highest BCUT2D eigenvalue weighted by Crippen LogP contribution is 2.33. The van der Waals surface area contributed by atoms with Gasteiger partial charge in [-0.15, -0.1) is 0 Å². The smallest absolute Gasteiger partial charge is 0.335 e. The third-order valence-corrected chi connectivity index (χ3v) is 3.10. The molecular weight excluding hydrogens is 174 g/mol. The summed E-state index contributed by atoms with van der Waals surface area (Å²) < 4.78 is 7.81. The first-order valence-corrected chi connectivity index (χ1v) is 5.57. The van der Waals surface area contributed by atoms with Crippen molar-refractivity contribution in [2.75, 3.05) is 0 Å². The maximum absolute atomic E-state index is 5.64. The van der Waals surface area contributed by atoms with Crippen molar-refractivity contribution in [3.8, 4) is 0 Å². The molecule has 0 aliphatic heterocycles. The molecule has 1 aromatic rings. The molecule has 0 saturated heterocycles. The second kappa shape index (κ2) is 3.41. The number of rotatable bonds is 1. The van der Waals surface area contributed by atoms with E-state index in [4.69, 9.17) is 4.42 Å². The molecule has 0 aromatic carbocycles. The Morgan fingerprint density at radius 2 is 1.93 bits per heavy atom. The molecule has 2 rings (SSSR count). The van der Waals surface area contributed by atoms with Gasteiger partial charge in [-0.1, -0.05) is 12.8 Å². The van der Waals surface area contributed by atoms with E-state index >= 15 is 0 Å². The van der Waals surface area contributed by atoms with Gasteiger partial charge in [0.25, 0.3) is 0 Å². The number of nitrogens with zero attached hydrogens (tertiary/aromatic N) is 1. The Morgan fingerprint density at radius 3 is 2.43 bits per heavy atom. The van der Waals surface area contributed by atoms with Crippen molar-refractivity contribution in [2.45, 2.75) is 57.9 Å². The largest absolute Gasteiger partial charge is 0.409 e. The zero-order chi connectivity index (χ0) is 10.2. The van der Waals surface area contributed by atoms with Crippen molar-refractivity contribution < 1.29 is 8.98 Å². The SMILES string of the molecule is CC(C)(C)[n+]1coc(C2CCCC2)c1. The number of aromatic nitrogens is 1. The molecule has 0 spiro atoms. The van der Waals surface area contributed by atoms with Gasteiger partial charge in [-0.3, -0.25) is 0 Å². The second-order valence-electron chi connectivity index (χ2n) is 5.31. The molecule has 0 bridgehead atoms. The minimum atomic E-state index is 0.139. The van der Waals surface area contributed by atoms with Gasteiger partial charge in [0.15, 0.2) is 11.3 Å². The molecule has 14 heavy (non-hydrogen) atoms. The highest BCUT2D eigenvalue weighted by atomic mass is 16.3. The molecule has 2 heteroatoms. The predicted octanol–water partition coefficient (Wildman–Crippen LogP) is 2.98. The summed E-state index contributed by atoms with van der Waals surface area (Å²) in [6.45, 7) is 6.59. The fourth-order valence-corrected chi connectivity index (χ4v) is 2.08. The van der Waals surface area contributed by atoms with Crippen LogP contribution in [0.5, 0.6) is 0 Å². The van der Waals surface area contributed by atoms with Crippen molar-refractivity contribution >= 4 is 0 Å². The molecule has 0 amide bonds. The van der Waals surface area contributed by atoms with E-state index in [1.54, 1.807) is 0 Å². The van der Waals surface area contributed by atoms with E-state index in [1.165, 1.54) is 31.4 Å². The van der Waals surface area contributed by atoms with Crippen molar-refractivity contribution in [1.82, 2.24) is 0 Å². The van der Waals surface area contributed by atoms with Crippen LogP contribution in [0.1, 0.15) is 58.1 Å². The quantitative estimate of drug-likeness (QED) is 0.628. The fraction of sp³-hybridized carbons (Fsp3) is 0.750. The van der Waals surface area contributed by atoms with E-state index < -0.39 is 0 Å². The lowest BCUT2D eigenvalue weighted by Crippen LogP contribution is -2.48. The molecule has 1 aromatic heterocycles. The summed E-state index contributed by atoms with van der Waals surface area (Å²) >= 11 is 0. The normalized spacial score (nSPS) is 19.1. The Hall–Kier alpha value is -0.790.